The number of carbonyl (C=O) groups is 1. The van der Waals surface area contributed by atoms with Crippen LogP contribution in [0.15, 0.2) is 30.5 Å². The molecule has 7 nitrogen and oxygen atoms in total. The van der Waals surface area contributed by atoms with Gasteiger partial charge in [-0.15, -0.1) is 5.10 Å². The van der Waals surface area contributed by atoms with Crippen LogP contribution in [0.5, 0.6) is 0 Å². The number of hydrogen-bond donors (Lipinski definition) is 2. The molecule has 1 aromatic heterocycles. The maximum atomic E-state index is 10.9. The van der Waals surface area contributed by atoms with E-state index < -0.39 is 0 Å². The smallest absolute Gasteiger partial charge is 0.243 e. The molecule has 0 unspecified atom stereocenters. The summed E-state index contributed by atoms with van der Waals surface area (Å²) < 4.78 is 1.86. The van der Waals surface area contributed by atoms with Crippen LogP contribution < -0.4 is 10.4 Å². The van der Waals surface area contributed by atoms with Crippen molar-refractivity contribution in [3.05, 3.63) is 30.5 Å². The number of nitrogens with zero attached hydrogens (tertiary/aromatic N) is 4. The summed E-state index contributed by atoms with van der Waals surface area (Å²) in [4.78, 5) is 12.9. The molecule has 7 heteroatoms. The average molecular weight is 331 g/mol. The molecule has 0 aliphatic heterocycles. The van der Waals surface area contributed by atoms with Gasteiger partial charge in [0.1, 0.15) is 5.69 Å². The van der Waals surface area contributed by atoms with E-state index in [4.69, 9.17) is 5.21 Å². The Balaban J connectivity index is 1.76. The summed E-state index contributed by atoms with van der Waals surface area (Å²) in [6.45, 7) is 0.814. The molecular weight excluding hydrogens is 306 g/mol. The number of nitrogens with one attached hydrogen (secondary N) is 1. The van der Waals surface area contributed by atoms with Crippen LogP contribution in [-0.2, 0) is 11.3 Å². The fourth-order valence-electron chi connectivity index (χ4n) is 2.44. The molecule has 1 aromatic carbocycles. The van der Waals surface area contributed by atoms with E-state index in [9.17, 15) is 4.79 Å². The van der Waals surface area contributed by atoms with Gasteiger partial charge in [-0.1, -0.05) is 30.2 Å². The number of anilines is 1. The molecule has 0 aliphatic carbocycles. The first-order valence-corrected chi connectivity index (χ1v) is 8.21. The first-order chi connectivity index (χ1) is 11.6. The van der Waals surface area contributed by atoms with Gasteiger partial charge in [0.05, 0.1) is 6.20 Å². The minimum absolute atomic E-state index is 0.323. The topological polar surface area (TPSA) is 83.3 Å². The molecule has 1 heterocycles. The summed E-state index contributed by atoms with van der Waals surface area (Å²) in [5.41, 5.74) is 4.73. The first kappa shape index (κ1) is 17.9. The predicted molar refractivity (Wildman–Crippen MR) is 92.8 cm³/mol. The number of hydroxylamine groups is 1. The van der Waals surface area contributed by atoms with Gasteiger partial charge in [-0.05, 0) is 25.0 Å². The molecule has 0 saturated heterocycles. The highest BCUT2D eigenvalue weighted by Crippen LogP contribution is 2.20. The Morgan fingerprint density at radius 3 is 2.54 bits per heavy atom. The highest BCUT2D eigenvalue weighted by atomic mass is 16.5. The second kappa shape index (κ2) is 9.02. The van der Waals surface area contributed by atoms with E-state index >= 15 is 0 Å². The predicted octanol–water partition coefficient (Wildman–Crippen LogP) is 2.47. The zero-order valence-corrected chi connectivity index (χ0v) is 14.3. The van der Waals surface area contributed by atoms with E-state index in [-0.39, 0.29) is 5.91 Å². The summed E-state index contributed by atoms with van der Waals surface area (Å²) in [6, 6.07) is 8.24. The van der Waals surface area contributed by atoms with E-state index in [2.05, 4.69) is 39.5 Å². The maximum absolute atomic E-state index is 10.9. The van der Waals surface area contributed by atoms with Gasteiger partial charge in [-0.3, -0.25) is 14.7 Å². The van der Waals surface area contributed by atoms with Crippen LogP contribution in [0.4, 0.5) is 5.69 Å². The van der Waals surface area contributed by atoms with E-state index in [1.54, 1.807) is 5.48 Å². The van der Waals surface area contributed by atoms with Gasteiger partial charge in [-0.2, -0.15) is 0 Å². The number of benzene rings is 1. The second-order valence-corrected chi connectivity index (χ2v) is 6.01. The van der Waals surface area contributed by atoms with Crippen molar-refractivity contribution in [2.45, 2.75) is 38.6 Å². The van der Waals surface area contributed by atoms with Crippen molar-refractivity contribution in [1.82, 2.24) is 20.5 Å². The number of hydrogen-bond acceptors (Lipinski definition) is 5. The normalized spacial score (nSPS) is 10.6. The molecular formula is C17H25N5O2. The SMILES string of the molecule is CN(C)c1ccc(-c2cn(CCCCCCC(=O)NO)nn2)cc1. The zero-order chi connectivity index (χ0) is 17.4. The Bertz CT molecular complexity index is 637. The summed E-state index contributed by atoms with van der Waals surface area (Å²) in [6.07, 6.45) is 6.08. The Kier molecular flexibility index (Phi) is 6.74. The standard InChI is InChI=1S/C17H25N5O2/c1-21(2)15-10-8-14(9-11-15)16-13-22(20-18-16)12-6-4-3-5-7-17(23)19-24/h8-11,13,24H,3-7,12H2,1-2H3,(H,19,23). The molecule has 0 bridgehead atoms. The molecule has 2 aromatic rings. The van der Waals surface area contributed by atoms with Crippen LogP contribution in [0, 0.1) is 0 Å². The molecule has 0 spiro atoms. The molecule has 0 radical (unpaired) electrons. The third-order valence-corrected chi connectivity index (χ3v) is 3.88. The Hall–Kier alpha value is -2.41. The van der Waals surface area contributed by atoms with Crippen LogP contribution in [0.2, 0.25) is 0 Å². The number of unbranched alkanes of at least 4 members (excludes halogenated alkanes) is 3. The monoisotopic (exact) mass is 331 g/mol. The highest BCUT2D eigenvalue weighted by Gasteiger charge is 2.05. The summed E-state index contributed by atoms with van der Waals surface area (Å²) in [7, 11) is 4.03. The van der Waals surface area contributed by atoms with Crippen LogP contribution in [-0.4, -0.2) is 40.2 Å². The van der Waals surface area contributed by atoms with Crippen LogP contribution in [0.1, 0.15) is 32.1 Å². The zero-order valence-electron chi connectivity index (χ0n) is 14.3. The number of aromatic nitrogens is 3. The van der Waals surface area contributed by atoms with Crippen molar-refractivity contribution in [2.75, 3.05) is 19.0 Å². The average Bonchev–Trinajstić information content (AvgIpc) is 3.06. The largest absolute Gasteiger partial charge is 0.378 e. The van der Waals surface area contributed by atoms with Crippen LogP contribution in [0.25, 0.3) is 11.3 Å². The van der Waals surface area contributed by atoms with Gasteiger partial charge in [0.2, 0.25) is 5.91 Å². The quantitative estimate of drug-likeness (QED) is 0.419. The van der Waals surface area contributed by atoms with Crippen molar-refractivity contribution >= 4 is 11.6 Å². The van der Waals surface area contributed by atoms with Crippen molar-refractivity contribution in [2.24, 2.45) is 0 Å². The lowest BCUT2D eigenvalue weighted by Crippen LogP contribution is -2.17. The third-order valence-electron chi connectivity index (χ3n) is 3.88. The number of rotatable bonds is 9. The number of amides is 1. The molecule has 2 N–H and O–H groups in total. The summed E-state index contributed by atoms with van der Waals surface area (Å²) in [5, 5.41) is 16.8. The van der Waals surface area contributed by atoms with Gasteiger partial charge >= 0.3 is 0 Å². The molecule has 2 rings (SSSR count). The van der Waals surface area contributed by atoms with Gasteiger partial charge in [0.25, 0.3) is 0 Å². The molecule has 24 heavy (non-hydrogen) atoms. The lowest BCUT2D eigenvalue weighted by atomic mass is 10.1. The third kappa shape index (κ3) is 5.34. The first-order valence-electron chi connectivity index (χ1n) is 8.21. The highest BCUT2D eigenvalue weighted by molar-refractivity contribution is 5.74. The Morgan fingerprint density at radius 2 is 1.88 bits per heavy atom. The van der Waals surface area contributed by atoms with Gasteiger partial charge < -0.3 is 4.90 Å². The Labute approximate surface area is 142 Å². The maximum Gasteiger partial charge on any atom is 0.243 e. The molecule has 0 fully saturated rings. The van der Waals surface area contributed by atoms with E-state index in [1.807, 2.05) is 25.0 Å². The van der Waals surface area contributed by atoms with Crippen molar-refractivity contribution in [1.29, 1.82) is 0 Å². The Morgan fingerprint density at radius 1 is 1.17 bits per heavy atom. The molecule has 0 atom stereocenters. The summed E-state index contributed by atoms with van der Waals surface area (Å²) >= 11 is 0. The fraction of sp³-hybridized carbons (Fsp3) is 0.471. The van der Waals surface area contributed by atoms with Crippen molar-refractivity contribution < 1.29 is 10.0 Å². The molecule has 0 saturated carbocycles. The number of carbonyl (C=O) groups excluding carboxylic acids is 1. The van der Waals surface area contributed by atoms with Crippen LogP contribution >= 0.6 is 0 Å². The lowest BCUT2D eigenvalue weighted by Gasteiger charge is -2.11. The van der Waals surface area contributed by atoms with E-state index in [1.165, 1.54) is 0 Å². The van der Waals surface area contributed by atoms with Crippen LogP contribution in [0.3, 0.4) is 0 Å². The minimum Gasteiger partial charge on any atom is -0.378 e. The van der Waals surface area contributed by atoms with Gasteiger partial charge in [0, 0.05) is 38.3 Å². The summed E-state index contributed by atoms with van der Waals surface area (Å²) in [5.74, 6) is -0.323. The lowest BCUT2D eigenvalue weighted by molar-refractivity contribution is -0.129. The van der Waals surface area contributed by atoms with E-state index in [0.717, 1.165) is 49.2 Å². The van der Waals surface area contributed by atoms with Gasteiger partial charge in [-0.25, -0.2) is 5.48 Å². The number of aryl methyl sites for hydroxylation is 1. The minimum atomic E-state index is -0.323. The van der Waals surface area contributed by atoms with Gasteiger partial charge in [0.15, 0.2) is 0 Å². The molecule has 0 aliphatic rings. The van der Waals surface area contributed by atoms with E-state index in [0.29, 0.717) is 6.42 Å². The molecule has 1 amide bonds. The molecule has 130 valence electrons. The van der Waals surface area contributed by atoms with Crippen molar-refractivity contribution in [3.63, 3.8) is 0 Å². The second-order valence-electron chi connectivity index (χ2n) is 6.01. The fourth-order valence-corrected chi connectivity index (χ4v) is 2.44. The van der Waals surface area contributed by atoms with Crippen molar-refractivity contribution in [3.8, 4) is 11.3 Å².